The highest BCUT2D eigenvalue weighted by atomic mass is 32.1. The zero-order chi connectivity index (χ0) is 31.5. The number of anilines is 3. The van der Waals surface area contributed by atoms with Crippen LogP contribution in [0, 0.1) is 0 Å². The molecule has 0 bridgehead atoms. The van der Waals surface area contributed by atoms with Gasteiger partial charge >= 0.3 is 0 Å². The number of rotatable bonds is 5. The highest BCUT2D eigenvalue weighted by Crippen LogP contribution is 2.50. The third-order valence-corrected chi connectivity index (χ3v) is 11.0. The van der Waals surface area contributed by atoms with Gasteiger partial charge < -0.3 is 4.90 Å². The van der Waals surface area contributed by atoms with Gasteiger partial charge in [-0.25, -0.2) is 0 Å². The molecule has 0 amide bonds. The minimum Gasteiger partial charge on any atom is -0.310 e. The van der Waals surface area contributed by atoms with Crippen molar-refractivity contribution in [2.24, 2.45) is 0 Å². The molecule has 1 heterocycles. The van der Waals surface area contributed by atoms with Crippen molar-refractivity contribution < 1.29 is 0 Å². The molecule has 1 aliphatic carbocycles. The first-order valence-electron chi connectivity index (χ1n) is 16.3. The first-order chi connectivity index (χ1) is 23.0. The van der Waals surface area contributed by atoms with E-state index in [1.807, 2.05) is 11.3 Å². The summed E-state index contributed by atoms with van der Waals surface area (Å²) in [4.78, 5) is 2.40. The molecule has 47 heavy (non-hydrogen) atoms. The molecule has 0 saturated carbocycles. The summed E-state index contributed by atoms with van der Waals surface area (Å²) in [5, 5.41) is 2.63. The Balaban J connectivity index is 1.17. The molecule has 1 aliphatic rings. The van der Waals surface area contributed by atoms with Gasteiger partial charge in [-0.15, -0.1) is 11.3 Å². The quantitative estimate of drug-likeness (QED) is 0.185. The summed E-state index contributed by atoms with van der Waals surface area (Å²) < 4.78 is 2.62. The summed E-state index contributed by atoms with van der Waals surface area (Å²) in [6.07, 6.45) is 0. The molecule has 2 heteroatoms. The largest absolute Gasteiger partial charge is 0.310 e. The minimum absolute atomic E-state index is 0.000254. The van der Waals surface area contributed by atoms with Crippen LogP contribution in [-0.2, 0) is 5.41 Å². The molecule has 7 aromatic carbocycles. The van der Waals surface area contributed by atoms with Crippen LogP contribution in [0.2, 0.25) is 0 Å². The molecular formula is C45H33NS. The van der Waals surface area contributed by atoms with Crippen LogP contribution in [0.5, 0.6) is 0 Å². The number of hydrogen-bond acceptors (Lipinski definition) is 2. The zero-order valence-electron chi connectivity index (χ0n) is 26.4. The van der Waals surface area contributed by atoms with Crippen LogP contribution >= 0.6 is 11.3 Å². The second kappa shape index (κ2) is 10.8. The summed E-state index contributed by atoms with van der Waals surface area (Å²) in [6, 6.07) is 60.1. The van der Waals surface area contributed by atoms with Crippen molar-refractivity contribution in [3.63, 3.8) is 0 Å². The Kier molecular flexibility index (Phi) is 6.41. The summed E-state index contributed by atoms with van der Waals surface area (Å²) in [6.45, 7) is 4.68. The van der Waals surface area contributed by atoms with Crippen LogP contribution in [0.25, 0.3) is 53.6 Å². The lowest BCUT2D eigenvalue weighted by atomic mass is 9.82. The van der Waals surface area contributed by atoms with Gasteiger partial charge in [0.2, 0.25) is 0 Å². The molecule has 0 unspecified atom stereocenters. The normalized spacial score (nSPS) is 13.1. The van der Waals surface area contributed by atoms with Crippen molar-refractivity contribution in [2.75, 3.05) is 4.90 Å². The van der Waals surface area contributed by atoms with E-state index in [0.29, 0.717) is 0 Å². The molecule has 0 saturated heterocycles. The molecule has 8 aromatic rings. The van der Waals surface area contributed by atoms with Gasteiger partial charge in [0.25, 0.3) is 0 Å². The van der Waals surface area contributed by atoms with Gasteiger partial charge in [-0.1, -0.05) is 129 Å². The Labute approximate surface area is 280 Å². The molecule has 0 N–H and O–H groups in total. The Morgan fingerprint density at radius 3 is 1.89 bits per heavy atom. The van der Waals surface area contributed by atoms with Gasteiger partial charge in [-0.05, 0) is 93.0 Å². The van der Waals surface area contributed by atoms with E-state index < -0.39 is 0 Å². The van der Waals surface area contributed by atoms with Crippen molar-refractivity contribution in [3.8, 4) is 33.4 Å². The molecule has 0 fully saturated rings. The maximum atomic E-state index is 2.40. The smallest absolute Gasteiger partial charge is 0.0476 e. The van der Waals surface area contributed by atoms with E-state index >= 15 is 0 Å². The van der Waals surface area contributed by atoms with Crippen LogP contribution in [0.3, 0.4) is 0 Å². The second-order valence-electron chi connectivity index (χ2n) is 13.0. The Bertz CT molecular complexity index is 2430. The summed E-state index contributed by atoms with van der Waals surface area (Å²) in [5.74, 6) is 0. The van der Waals surface area contributed by atoms with Gasteiger partial charge in [0, 0.05) is 42.6 Å². The van der Waals surface area contributed by atoms with Crippen molar-refractivity contribution in [2.45, 2.75) is 19.3 Å². The van der Waals surface area contributed by atoms with E-state index in [4.69, 9.17) is 0 Å². The van der Waals surface area contributed by atoms with E-state index in [0.717, 1.165) is 17.1 Å². The Morgan fingerprint density at radius 1 is 0.404 bits per heavy atom. The Morgan fingerprint density at radius 2 is 1.02 bits per heavy atom. The summed E-state index contributed by atoms with van der Waals surface area (Å²) in [5.41, 5.74) is 13.8. The molecule has 9 rings (SSSR count). The van der Waals surface area contributed by atoms with E-state index in [1.54, 1.807) is 0 Å². The number of nitrogens with zero attached hydrogens (tertiary/aromatic N) is 1. The lowest BCUT2D eigenvalue weighted by molar-refractivity contribution is 0.660. The maximum Gasteiger partial charge on any atom is 0.0476 e. The maximum absolute atomic E-state index is 2.40. The lowest BCUT2D eigenvalue weighted by Crippen LogP contribution is -2.14. The fourth-order valence-corrected chi connectivity index (χ4v) is 8.60. The summed E-state index contributed by atoms with van der Waals surface area (Å²) >= 11 is 1.86. The van der Waals surface area contributed by atoms with E-state index in [9.17, 15) is 0 Å². The first kappa shape index (κ1) is 27.8. The predicted octanol–water partition coefficient (Wildman–Crippen LogP) is 13.2. The minimum atomic E-state index is 0.000254. The van der Waals surface area contributed by atoms with Crippen LogP contribution in [0.1, 0.15) is 25.0 Å². The van der Waals surface area contributed by atoms with Crippen LogP contribution < -0.4 is 4.90 Å². The van der Waals surface area contributed by atoms with E-state index in [-0.39, 0.29) is 5.41 Å². The van der Waals surface area contributed by atoms with Gasteiger partial charge in [0.15, 0.2) is 0 Å². The predicted molar refractivity (Wildman–Crippen MR) is 202 cm³/mol. The Hall–Kier alpha value is -5.44. The number of thiophene rings is 1. The molecular weight excluding hydrogens is 587 g/mol. The highest BCUT2D eigenvalue weighted by Gasteiger charge is 2.35. The fourth-order valence-electron chi connectivity index (χ4n) is 7.46. The van der Waals surface area contributed by atoms with Crippen molar-refractivity contribution in [1.82, 2.24) is 0 Å². The van der Waals surface area contributed by atoms with Crippen LogP contribution in [0.15, 0.2) is 164 Å². The molecule has 1 nitrogen and oxygen atoms in total. The van der Waals surface area contributed by atoms with Gasteiger partial charge in [-0.3, -0.25) is 0 Å². The van der Waals surface area contributed by atoms with Gasteiger partial charge in [0.05, 0.1) is 0 Å². The van der Waals surface area contributed by atoms with E-state index in [2.05, 4.69) is 183 Å². The third kappa shape index (κ3) is 4.60. The molecule has 0 atom stereocenters. The lowest BCUT2D eigenvalue weighted by Gasteiger charge is -2.26. The second-order valence-corrected chi connectivity index (χ2v) is 14.1. The van der Waals surface area contributed by atoms with Gasteiger partial charge in [0.1, 0.15) is 0 Å². The zero-order valence-corrected chi connectivity index (χ0v) is 27.3. The first-order valence-corrected chi connectivity index (χ1v) is 17.1. The monoisotopic (exact) mass is 619 g/mol. The average molecular weight is 620 g/mol. The number of fused-ring (bicyclic) bond motifs is 6. The summed E-state index contributed by atoms with van der Waals surface area (Å²) in [7, 11) is 0. The van der Waals surface area contributed by atoms with Crippen molar-refractivity contribution >= 4 is 48.6 Å². The molecule has 0 radical (unpaired) electrons. The SMILES string of the molecule is CC1(C)c2ccccc2-c2cc(-c3cccc(N(c4ccc(-c5ccccc5)cc4)c4ccc5c(c4)sc4ccccc45)c3)ccc21. The fraction of sp³-hybridized carbons (Fsp3) is 0.0667. The third-order valence-electron chi connectivity index (χ3n) is 9.87. The highest BCUT2D eigenvalue weighted by molar-refractivity contribution is 7.25. The van der Waals surface area contributed by atoms with Crippen molar-refractivity contribution in [3.05, 3.63) is 175 Å². The topological polar surface area (TPSA) is 3.24 Å². The van der Waals surface area contributed by atoms with Crippen molar-refractivity contribution in [1.29, 1.82) is 0 Å². The van der Waals surface area contributed by atoms with E-state index in [1.165, 1.54) is 64.7 Å². The molecule has 224 valence electrons. The average Bonchev–Trinajstić information content (AvgIpc) is 3.60. The molecule has 0 aliphatic heterocycles. The number of benzene rings is 7. The number of hydrogen-bond donors (Lipinski definition) is 0. The standard InChI is InChI=1S/C45H33NS/c1-45(2)41-17-8-6-15-37(41)40-28-33(21-26-42(40)45)32-13-10-14-35(27-32)46(34-22-19-31(20-23-34)30-11-4-3-5-12-30)36-24-25-39-38-16-7-9-18-43(38)47-44(39)29-36/h3-29H,1-2H3. The molecule has 1 aromatic heterocycles. The van der Waals surface area contributed by atoms with Crippen LogP contribution in [0.4, 0.5) is 17.1 Å². The van der Waals surface area contributed by atoms with Gasteiger partial charge in [-0.2, -0.15) is 0 Å². The van der Waals surface area contributed by atoms with Crippen LogP contribution in [-0.4, -0.2) is 0 Å². The molecule has 0 spiro atoms.